The Labute approximate surface area is 124 Å². The highest BCUT2D eigenvalue weighted by atomic mass is 35.5. The summed E-state index contributed by atoms with van der Waals surface area (Å²) < 4.78 is 1.28. The molecule has 1 saturated carbocycles. The van der Waals surface area contributed by atoms with E-state index in [9.17, 15) is 0 Å². The number of rotatable bonds is 3. The molecule has 0 radical (unpaired) electrons. The van der Waals surface area contributed by atoms with Gasteiger partial charge in [0.25, 0.3) is 0 Å². The van der Waals surface area contributed by atoms with E-state index in [2.05, 4.69) is 24.3 Å². The molecule has 0 N–H and O–H groups in total. The van der Waals surface area contributed by atoms with Crippen molar-refractivity contribution >= 4 is 33.2 Å². The molecule has 1 aromatic heterocycles. The average molecular weight is 294 g/mol. The highest BCUT2D eigenvalue weighted by Crippen LogP contribution is 2.31. The predicted octanol–water partition coefficient (Wildman–Crippen LogP) is 5.42. The smallest absolute Gasteiger partial charge is 0.0953 e. The number of nitrogens with zero attached hydrogens (tertiary/aromatic N) is 1. The van der Waals surface area contributed by atoms with Crippen LogP contribution in [0, 0.1) is 5.92 Å². The van der Waals surface area contributed by atoms with E-state index in [4.69, 9.17) is 16.6 Å². The van der Waals surface area contributed by atoms with Gasteiger partial charge in [-0.1, -0.05) is 37.8 Å². The fourth-order valence-corrected chi connectivity index (χ4v) is 4.53. The molecule has 0 spiro atoms. The molecular formula is C16H20ClNS. The van der Waals surface area contributed by atoms with Crippen LogP contribution in [0.15, 0.2) is 24.3 Å². The summed E-state index contributed by atoms with van der Waals surface area (Å²) in [5.74, 6) is 0.691. The zero-order chi connectivity index (χ0) is 13.1. The summed E-state index contributed by atoms with van der Waals surface area (Å²) in [7, 11) is 0. The van der Waals surface area contributed by atoms with Gasteiger partial charge < -0.3 is 0 Å². The second kappa shape index (κ2) is 6.23. The van der Waals surface area contributed by atoms with Crippen molar-refractivity contribution in [3.05, 3.63) is 29.3 Å². The van der Waals surface area contributed by atoms with Crippen LogP contribution in [0.4, 0.5) is 0 Å². The molecule has 102 valence electrons. The van der Waals surface area contributed by atoms with Gasteiger partial charge in [0.05, 0.1) is 15.2 Å². The molecule has 3 heteroatoms. The molecular weight excluding hydrogens is 274 g/mol. The topological polar surface area (TPSA) is 12.9 Å². The van der Waals surface area contributed by atoms with Crippen molar-refractivity contribution in [2.24, 2.45) is 5.92 Å². The second-order valence-corrected chi connectivity index (χ2v) is 7.22. The van der Waals surface area contributed by atoms with E-state index < -0.39 is 0 Å². The fourth-order valence-electron chi connectivity index (χ4n) is 3.01. The van der Waals surface area contributed by atoms with Crippen LogP contribution in [0.5, 0.6) is 0 Å². The highest BCUT2D eigenvalue weighted by molar-refractivity contribution is 7.18. The van der Waals surface area contributed by atoms with Crippen LogP contribution < -0.4 is 0 Å². The molecule has 1 aliphatic carbocycles. The van der Waals surface area contributed by atoms with Gasteiger partial charge in [-0.15, -0.1) is 22.9 Å². The minimum absolute atomic E-state index is 0.263. The largest absolute Gasteiger partial charge is 0.241 e. The lowest BCUT2D eigenvalue weighted by Gasteiger charge is -2.19. The normalized spacial score (nSPS) is 19.4. The van der Waals surface area contributed by atoms with Crippen molar-refractivity contribution in [3.8, 4) is 0 Å². The molecule has 19 heavy (non-hydrogen) atoms. The quantitative estimate of drug-likeness (QED) is 0.544. The van der Waals surface area contributed by atoms with Crippen molar-refractivity contribution in [2.45, 2.75) is 50.3 Å². The highest BCUT2D eigenvalue weighted by Gasteiger charge is 2.22. The Morgan fingerprint density at radius 3 is 2.63 bits per heavy atom. The van der Waals surface area contributed by atoms with Gasteiger partial charge in [-0.3, -0.25) is 0 Å². The van der Waals surface area contributed by atoms with Crippen molar-refractivity contribution < 1.29 is 0 Å². The standard InChI is InChI=1S/C16H20ClNS/c17-13(12-7-3-1-2-4-8-12)11-16-18-14-9-5-6-10-15(14)19-16/h5-6,9-10,12-13H,1-4,7-8,11H2. The Morgan fingerprint density at radius 2 is 1.89 bits per heavy atom. The molecule has 1 aromatic carbocycles. The van der Waals surface area contributed by atoms with E-state index in [-0.39, 0.29) is 5.38 Å². The third-order valence-electron chi connectivity index (χ3n) is 4.12. The Hall–Kier alpha value is -0.600. The van der Waals surface area contributed by atoms with Crippen LogP contribution >= 0.6 is 22.9 Å². The first-order valence-electron chi connectivity index (χ1n) is 7.31. The Morgan fingerprint density at radius 1 is 1.16 bits per heavy atom. The van der Waals surface area contributed by atoms with Crippen molar-refractivity contribution in [2.75, 3.05) is 0 Å². The van der Waals surface area contributed by atoms with Gasteiger partial charge in [-0.2, -0.15) is 0 Å². The van der Waals surface area contributed by atoms with E-state index in [1.807, 2.05) is 0 Å². The first kappa shape index (κ1) is 13.4. The van der Waals surface area contributed by atoms with Gasteiger partial charge in [0.2, 0.25) is 0 Å². The van der Waals surface area contributed by atoms with Crippen LogP contribution in [0.3, 0.4) is 0 Å². The zero-order valence-electron chi connectivity index (χ0n) is 11.1. The number of para-hydroxylation sites is 1. The average Bonchev–Trinajstić information content (AvgIpc) is 2.63. The van der Waals surface area contributed by atoms with Gasteiger partial charge in [-0.05, 0) is 30.9 Å². The molecule has 1 nitrogen and oxygen atoms in total. The summed E-state index contributed by atoms with van der Waals surface area (Å²) in [6, 6.07) is 8.36. The molecule has 1 fully saturated rings. The van der Waals surface area contributed by atoms with Crippen LogP contribution in [-0.2, 0) is 6.42 Å². The fraction of sp³-hybridized carbons (Fsp3) is 0.562. The van der Waals surface area contributed by atoms with Crippen LogP contribution in [-0.4, -0.2) is 10.4 Å². The Bertz CT molecular complexity index is 495. The van der Waals surface area contributed by atoms with E-state index >= 15 is 0 Å². The minimum Gasteiger partial charge on any atom is -0.241 e. The third-order valence-corrected chi connectivity index (χ3v) is 5.69. The number of hydrogen-bond acceptors (Lipinski definition) is 2. The van der Waals surface area contributed by atoms with Crippen molar-refractivity contribution in [3.63, 3.8) is 0 Å². The second-order valence-electron chi connectivity index (χ2n) is 5.55. The van der Waals surface area contributed by atoms with Gasteiger partial charge in [0.1, 0.15) is 0 Å². The summed E-state index contributed by atoms with van der Waals surface area (Å²) >= 11 is 8.46. The van der Waals surface area contributed by atoms with Gasteiger partial charge in [-0.25, -0.2) is 4.98 Å². The molecule has 1 unspecified atom stereocenters. The number of aromatic nitrogens is 1. The minimum atomic E-state index is 0.263. The maximum Gasteiger partial charge on any atom is 0.0953 e. The van der Waals surface area contributed by atoms with E-state index in [0.29, 0.717) is 5.92 Å². The number of hydrogen-bond donors (Lipinski definition) is 0. The number of alkyl halides is 1. The Kier molecular flexibility index (Phi) is 4.39. The lowest BCUT2D eigenvalue weighted by atomic mass is 9.94. The summed E-state index contributed by atoms with van der Waals surface area (Å²) in [6.45, 7) is 0. The van der Waals surface area contributed by atoms with Gasteiger partial charge >= 0.3 is 0 Å². The number of benzene rings is 1. The van der Waals surface area contributed by atoms with Crippen molar-refractivity contribution in [1.82, 2.24) is 4.98 Å². The van der Waals surface area contributed by atoms with E-state index in [1.54, 1.807) is 11.3 Å². The monoisotopic (exact) mass is 293 g/mol. The number of thiazole rings is 1. The summed E-state index contributed by atoms with van der Waals surface area (Å²) in [5, 5.41) is 1.46. The lowest BCUT2D eigenvalue weighted by molar-refractivity contribution is 0.435. The maximum absolute atomic E-state index is 6.66. The van der Waals surface area contributed by atoms with Crippen LogP contribution in [0.2, 0.25) is 0 Å². The Balaban J connectivity index is 1.69. The van der Waals surface area contributed by atoms with E-state index in [0.717, 1.165) is 11.9 Å². The first-order chi connectivity index (χ1) is 9.33. The summed E-state index contributed by atoms with van der Waals surface area (Å²) in [4.78, 5) is 4.71. The summed E-state index contributed by atoms with van der Waals surface area (Å²) in [5.41, 5.74) is 1.12. The molecule has 0 bridgehead atoms. The molecule has 3 rings (SSSR count). The number of fused-ring (bicyclic) bond motifs is 1. The molecule has 1 heterocycles. The van der Waals surface area contributed by atoms with Crippen molar-refractivity contribution in [1.29, 1.82) is 0 Å². The molecule has 1 atom stereocenters. The molecule has 2 aromatic rings. The van der Waals surface area contributed by atoms with Gasteiger partial charge in [0, 0.05) is 11.8 Å². The molecule has 1 aliphatic rings. The SMILES string of the molecule is ClC(Cc1nc2ccccc2s1)C1CCCCCC1. The zero-order valence-corrected chi connectivity index (χ0v) is 12.7. The summed E-state index contributed by atoms with van der Waals surface area (Å²) in [6.07, 6.45) is 9.04. The molecule has 0 aliphatic heterocycles. The third kappa shape index (κ3) is 3.29. The lowest BCUT2D eigenvalue weighted by Crippen LogP contribution is -2.16. The van der Waals surface area contributed by atoms with E-state index in [1.165, 1.54) is 48.2 Å². The van der Waals surface area contributed by atoms with Gasteiger partial charge in [0.15, 0.2) is 0 Å². The van der Waals surface area contributed by atoms with Crippen LogP contribution in [0.1, 0.15) is 43.5 Å². The molecule has 0 saturated heterocycles. The number of halogens is 1. The predicted molar refractivity (Wildman–Crippen MR) is 84.2 cm³/mol. The molecule has 0 amide bonds. The van der Waals surface area contributed by atoms with Crippen LogP contribution in [0.25, 0.3) is 10.2 Å². The first-order valence-corrected chi connectivity index (χ1v) is 8.57. The maximum atomic E-state index is 6.66.